The molecule has 9 heteroatoms. The van der Waals surface area contributed by atoms with E-state index >= 15 is 0 Å². The molecule has 0 saturated heterocycles. The quantitative estimate of drug-likeness (QED) is 0.645. The molecule has 1 aromatic carbocycles. The summed E-state index contributed by atoms with van der Waals surface area (Å²) in [7, 11) is -2.40. The Kier molecular flexibility index (Phi) is 7.28. The van der Waals surface area contributed by atoms with Crippen molar-refractivity contribution in [1.29, 1.82) is 0 Å². The predicted molar refractivity (Wildman–Crippen MR) is 108 cm³/mol. The lowest BCUT2D eigenvalue weighted by molar-refractivity contribution is 0.399. The van der Waals surface area contributed by atoms with Crippen LogP contribution < -0.4 is 14.4 Å². The molecule has 0 fully saturated rings. The number of benzene rings is 1. The summed E-state index contributed by atoms with van der Waals surface area (Å²) in [4.78, 5) is 6.49. The predicted octanol–water partition coefficient (Wildman–Crippen LogP) is 3.83. The van der Waals surface area contributed by atoms with Crippen LogP contribution in [0.15, 0.2) is 39.8 Å². The molecule has 0 aliphatic rings. The molecule has 0 spiro atoms. The number of ether oxygens (including phenoxy) is 1. The number of pyridine rings is 1. The van der Waals surface area contributed by atoms with Crippen LogP contribution in [0.25, 0.3) is 0 Å². The lowest BCUT2D eigenvalue weighted by Gasteiger charge is -2.19. The van der Waals surface area contributed by atoms with Gasteiger partial charge in [-0.2, -0.15) is 0 Å². The molecule has 2 rings (SSSR count). The monoisotopic (exact) mass is 461 g/mol. The highest BCUT2D eigenvalue weighted by Gasteiger charge is 2.22. The van der Waals surface area contributed by atoms with Gasteiger partial charge in [-0.15, -0.1) is 0 Å². The van der Waals surface area contributed by atoms with Gasteiger partial charge in [0.05, 0.1) is 11.6 Å². The number of hydrogen-bond donors (Lipinski definition) is 1. The van der Waals surface area contributed by atoms with Crippen molar-refractivity contribution in [1.82, 2.24) is 9.71 Å². The second-order valence-corrected chi connectivity index (χ2v) is 8.47. The van der Waals surface area contributed by atoms with Crippen molar-refractivity contribution in [3.05, 3.63) is 45.5 Å². The second-order valence-electron chi connectivity index (χ2n) is 5.44. The molecule has 1 N–H and O–H groups in total. The van der Waals surface area contributed by atoms with E-state index in [2.05, 4.69) is 44.4 Å². The van der Waals surface area contributed by atoms with Crippen LogP contribution in [-0.4, -0.2) is 33.6 Å². The van der Waals surface area contributed by atoms with Gasteiger partial charge in [0.15, 0.2) is 5.75 Å². The first kappa shape index (κ1) is 21.0. The maximum absolute atomic E-state index is 12.7. The first-order chi connectivity index (χ1) is 12.3. The minimum Gasteiger partial charge on any atom is -0.494 e. The van der Waals surface area contributed by atoms with Crippen molar-refractivity contribution >= 4 is 43.4 Å². The zero-order chi connectivity index (χ0) is 19.3. The summed E-state index contributed by atoms with van der Waals surface area (Å²) in [6.07, 6.45) is 1.67. The number of anilines is 1. The van der Waals surface area contributed by atoms with Gasteiger partial charge in [-0.1, -0.05) is 17.7 Å². The average Bonchev–Trinajstić information content (AvgIpc) is 2.61. The number of halogens is 2. The minimum atomic E-state index is -3.81. The summed E-state index contributed by atoms with van der Waals surface area (Å²) < 4.78 is 33.5. The standard InChI is InChI=1S/C17H21BrClN3O3S/c1-4-22(5-2)16-7-6-12(10-20-16)11-21-26(23,24)15-9-13(19)8-14(18)17(15)25-3/h6-10,21H,4-5,11H2,1-3H3. The van der Waals surface area contributed by atoms with Crippen molar-refractivity contribution in [2.24, 2.45) is 0 Å². The fraction of sp³-hybridized carbons (Fsp3) is 0.353. The Hall–Kier alpha value is -1.35. The van der Waals surface area contributed by atoms with Crippen molar-refractivity contribution in [3.8, 4) is 5.75 Å². The average molecular weight is 463 g/mol. The number of nitrogens with one attached hydrogen (secondary N) is 1. The molecule has 1 heterocycles. The summed E-state index contributed by atoms with van der Waals surface area (Å²) in [5.41, 5.74) is 0.754. The highest BCUT2D eigenvalue weighted by Crippen LogP contribution is 2.35. The van der Waals surface area contributed by atoms with Crippen LogP contribution in [0.2, 0.25) is 5.02 Å². The van der Waals surface area contributed by atoms with Gasteiger partial charge < -0.3 is 9.64 Å². The molecule has 0 saturated carbocycles. The van der Waals surface area contributed by atoms with E-state index in [1.54, 1.807) is 12.3 Å². The van der Waals surface area contributed by atoms with Crippen LogP contribution >= 0.6 is 27.5 Å². The molecule has 0 aliphatic carbocycles. The molecule has 0 unspecified atom stereocenters. The number of hydrogen-bond acceptors (Lipinski definition) is 5. The summed E-state index contributed by atoms with van der Waals surface area (Å²) in [6, 6.07) is 6.67. The van der Waals surface area contributed by atoms with Gasteiger partial charge >= 0.3 is 0 Å². The molecule has 1 aromatic heterocycles. The third-order valence-electron chi connectivity index (χ3n) is 3.83. The Morgan fingerprint density at radius 1 is 1.27 bits per heavy atom. The Bertz CT molecular complexity index is 856. The normalized spacial score (nSPS) is 11.4. The molecule has 0 bridgehead atoms. The van der Waals surface area contributed by atoms with Gasteiger partial charge in [0.2, 0.25) is 10.0 Å². The fourth-order valence-corrected chi connectivity index (χ4v) is 4.85. The van der Waals surface area contributed by atoms with Crippen molar-refractivity contribution in [2.45, 2.75) is 25.3 Å². The molecule has 2 aromatic rings. The van der Waals surface area contributed by atoms with Crippen LogP contribution in [0.3, 0.4) is 0 Å². The largest absolute Gasteiger partial charge is 0.494 e. The van der Waals surface area contributed by atoms with E-state index < -0.39 is 10.0 Å². The molecular weight excluding hydrogens is 442 g/mol. The number of aromatic nitrogens is 1. The number of methoxy groups -OCH3 is 1. The minimum absolute atomic E-state index is 0.0212. The van der Waals surface area contributed by atoms with E-state index in [4.69, 9.17) is 16.3 Å². The molecule has 6 nitrogen and oxygen atoms in total. The smallest absolute Gasteiger partial charge is 0.244 e. The highest BCUT2D eigenvalue weighted by atomic mass is 79.9. The Balaban J connectivity index is 2.19. The third-order valence-corrected chi connectivity index (χ3v) is 6.04. The maximum atomic E-state index is 12.7. The zero-order valence-corrected chi connectivity index (χ0v) is 17.9. The van der Waals surface area contributed by atoms with Crippen LogP contribution in [0.4, 0.5) is 5.82 Å². The fourth-order valence-electron chi connectivity index (χ4n) is 2.45. The number of nitrogens with zero attached hydrogens (tertiary/aromatic N) is 2. The molecular formula is C17H21BrClN3O3S. The van der Waals surface area contributed by atoms with Gasteiger partial charge in [0, 0.05) is 30.9 Å². The van der Waals surface area contributed by atoms with Crippen LogP contribution in [0.5, 0.6) is 5.75 Å². The molecule has 0 aliphatic heterocycles. The van der Waals surface area contributed by atoms with Crippen molar-refractivity contribution in [2.75, 3.05) is 25.1 Å². The molecule has 0 atom stereocenters. The van der Waals surface area contributed by atoms with Crippen LogP contribution in [-0.2, 0) is 16.6 Å². The topological polar surface area (TPSA) is 71.5 Å². The molecule has 142 valence electrons. The molecule has 0 amide bonds. The van der Waals surface area contributed by atoms with Crippen LogP contribution in [0, 0.1) is 0 Å². The second kappa shape index (κ2) is 9.03. The Labute approximate surface area is 167 Å². The van der Waals surface area contributed by atoms with Crippen molar-refractivity contribution < 1.29 is 13.2 Å². The van der Waals surface area contributed by atoms with Gasteiger partial charge in [0.25, 0.3) is 0 Å². The number of sulfonamides is 1. The first-order valence-electron chi connectivity index (χ1n) is 8.05. The van der Waals surface area contributed by atoms with Crippen molar-refractivity contribution in [3.63, 3.8) is 0 Å². The van der Waals surface area contributed by atoms with Gasteiger partial charge in [-0.05, 0) is 53.5 Å². The van der Waals surface area contributed by atoms with Gasteiger partial charge in [-0.25, -0.2) is 18.1 Å². The lowest BCUT2D eigenvalue weighted by Crippen LogP contribution is -2.25. The molecule has 26 heavy (non-hydrogen) atoms. The van der Waals surface area contributed by atoms with E-state index in [-0.39, 0.29) is 17.2 Å². The van der Waals surface area contributed by atoms with E-state index in [1.807, 2.05) is 12.1 Å². The first-order valence-corrected chi connectivity index (χ1v) is 10.7. The van der Waals surface area contributed by atoms with E-state index in [0.717, 1.165) is 24.5 Å². The molecule has 0 radical (unpaired) electrons. The number of rotatable bonds is 8. The maximum Gasteiger partial charge on any atom is 0.244 e. The Morgan fingerprint density at radius 3 is 2.50 bits per heavy atom. The SMILES string of the molecule is CCN(CC)c1ccc(CNS(=O)(=O)c2cc(Cl)cc(Br)c2OC)cn1. The van der Waals surface area contributed by atoms with Gasteiger partial charge in [-0.3, -0.25) is 0 Å². The lowest BCUT2D eigenvalue weighted by atomic mass is 10.3. The Morgan fingerprint density at radius 2 is 1.96 bits per heavy atom. The van der Waals surface area contributed by atoms with E-state index in [0.29, 0.717) is 9.50 Å². The third kappa shape index (κ3) is 4.88. The highest BCUT2D eigenvalue weighted by molar-refractivity contribution is 9.10. The summed E-state index contributed by atoms with van der Waals surface area (Å²) in [5, 5.41) is 0.295. The van der Waals surface area contributed by atoms with Crippen LogP contribution in [0.1, 0.15) is 19.4 Å². The van der Waals surface area contributed by atoms with E-state index in [1.165, 1.54) is 13.2 Å². The summed E-state index contributed by atoms with van der Waals surface area (Å²) >= 11 is 9.25. The zero-order valence-electron chi connectivity index (χ0n) is 14.8. The van der Waals surface area contributed by atoms with E-state index in [9.17, 15) is 8.42 Å². The van der Waals surface area contributed by atoms with Gasteiger partial charge in [0.1, 0.15) is 10.7 Å². The summed E-state index contributed by atoms with van der Waals surface area (Å²) in [5.74, 6) is 1.07. The summed E-state index contributed by atoms with van der Waals surface area (Å²) in [6.45, 7) is 5.95.